The smallest absolute Gasteiger partial charge is 0.339 e. The molecule has 0 unspecified atom stereocenters. The topological polar surface area (TPSA) is 125 Å². The van der Waals surface area contributed by atoms with Gasteiger partial charge in [0.05, 0.1) is 29.1 Å². The van der Waals surface area contributed by atoms with Crippen LogP contribution in [0, 0.1) is 10.1 Å². The molecule has 0 heterocycles. The normalized spacial score (nSPS) is 11.1. The second-order valence-corrected chi connectivity index (χ2v) is 5.56. The number of nitrogens with zero attached hydrogens (tertiary/aromatic N) is 1. The van der Waals surface area contributed by atoms with E-state index in [4.69, 9.17) is 4.74 Å². The molecule has 0 radical (unpaired) electrons. The van der Waals surface area contributed by atoms with Crippen LogP contribution in [-0.4, -0.2) is 46.7 Å². The maximum atomic E-state index is 12.1. The lowest BCUT2D eigenvalue weighted by atomic mass is 10.2. The number of ether oxygens (including phenoxy) is 2. The summed E-state index contributed by atoms with van der Waals surface area (Å²) in [5, 5.41) is 10.7. The monoisotopic (exact) mass is 318 g/mol. The number of rotatable bonds is 7. The van der Waals surface area contributed by atoms with E-state index in [0.717, 1.165) is 25.3 Å². The Labute approximate surface area is 121 Å². The van der Waals surface area contributed by atoms with Gasteiger partial charge in [-0.3, -0.25) is 10.1 Å². The minimum atomic E-state index is -4.01. The van der Waals surface area contributed by atoms with Crippen molar-refractivity contribution < 1.29 is 27.6 Å². The Balaban J connectivity index is 3.28. The number of esters is 1. The fraction of sp³-hybridized carbons (Fsp3) is 0.364. The van der Waals surface area contributed by atoms with E-state index in [1.165, 1.54) is 7.11 Å². The second kappa shape index (κ2) is 7.11. The van der Waals surface area contributed by atoms with Crippen LogP contribution in [-0.2, 0) is 19.5 Å². The molecule has 0 saturated heterocycles. The Hall–Kier alpha value is -2.04. The molecular weight excluding hydrogens is 304 g/mol. The number of methoxy groups -OCH3 is 2. The molecule has 0 aromatic heterocycles. The number of benzene rings is 1. The van der Waals surface area contributed by atoms with Crippen molar-refractivity contribution in [2.45, 2.75) is 4.90 Å². The van der Waals surface area contributed by atoms with Crippen LogP contribution in [0.2, 0.25) is 0 Å². The molecule has 9 nitrogen and oxygen atoms in total. The van der Waals surface area contributed by atoms with Crippen LogP contribution >= 0.6 is 0 Å². The Morgan fingerprint density at radius 3 is 2.57 bits per heavy atom. The first-order chi connectivity index (χ1) is 9.83. The molecule has 0 saturated carbocycles. The van der Waals surface area contributed by atoms with Crippen LogP contribution < -0.4 is 4.72 Å². The molecule has 0 bridgehead atoms. The molecule has 0 aliphatic rings. The Bertz CT molecular complexity index is 642. The van der Waals surface area contributed by atoms with Gasteiger partial charge in [-0.05, 0) is 6.07 Å². The third kappa shape index (κ3) is 4.21. The highest BCUT2D eigenvalue weighted by Gasteiger charge is 2.25. The van der Waals surface area contributed by atoms with Crippen LogP contribution in [0.15, 0.2) is 23.1 Å². The maximum Gasteiger partial charge on any atom is 0.339 e. The van der Waals surface area contributed by atoms with Gasteiger partial charge in [-0.2, -0.15) is 0 Å². The summed E-state index contributed by atoms with van der Waals surface area (Å²) in [6.45, 7) is 0.135. The van der Waals surface area contributed by atoms with E-state index in [9.17, 15) is 23.3 Å². The molecule has 0 spiro atoms. The number of carbonyl (C=O) groups is 1. The number of nitrogens with one attached hydrogen (secondary N) is 1. The highest BCUT2D eigenvalue weighted by atomic mass is 32.2. The molecule has 1 rings (SSSR count). The van der Waals surface area contributed by atoms with Crippen molar-refractivity contribution in [3.63, 3.8) is 0 Å². The quantitative estimate of drug-likeness (QED) is 0.332. The van der Waals surface area contributed by atoms with E-state index in [0.29, 0.717) is 0 Å². The van der Waals surface area contributed by atoms with Crippen molar-refractivity contribution in [1.29, 1.82) is 0 Å². The van der Waals surface area contributed by atoms with E-state index in [-0.39, 0.29) is 13.2 Å². The van der Waals surface area contributed by atoms with Gasteiger partial charge < -0.3 is 9.47 Å². The molecule has 0 fully saturated rings. The van der Waals surface area contributed by atoms with Crippen LogP contribution in [0.3, 0.4) is 0 Å². The standard InChI is InChI=1S/C11H14N2O7S/c1-19-6-5-12-21(17,18)10-4-3-8(13(15)16)7-9(10)11(14)20-2/h3-4,7,12H,5-6H2,1-2H3. The Kier molecular flexibility index (Phi) is 5.76. The number of carbonyl (C=O) groups excluding carboxylic acids is 1. The predicted molar refractivity (Wildman–Crippen MR) is 71.5 cm³/mol. The molecule has 10 heteroatoms. The first-order valence-electron chi connectivity index (χ1n) is 5.69. The zero-order chi connectivity index (χ0) is 16.0. The van der Waals surface area contributed by atoms with E-state index in [2.05, 4.69) is 9.46 Å². The van der Waals surface area contributed by atoms with Crippen molar-refractivity contribution in [3.05, 3.63) is 33.9 Å². The second-order valence-electron chi connectivity index (χ2n) is 3.82. The number of non-ortho nitro benzene ring substituents is 1. The lowest BCUT2D eigenvalue weighted by molar-refractivity contribution is -0.384. The first-order valence-corrected chi connectivity index (χ1v) is 7.17. The zero-order valence-electron chi connectivity index (χ0n) is 11.4. The summed E-state index contributed by atoms with van der Waals surface area (Å²) in [6.07, 6.45) is 0. The van der Waals surface area contributed by atoms with Gasteiger partial charge in [-0.1, -0.05) is 0 Å². The lowest BCUT2D eigenvalue weighted by Gasteiger charge is -2.10. The number of hydrogen-bond donors (Lipinski definition) is 1. The maximum absolute atomic E-state index is 12.1. The largest absolute Gasteiger partial charge is 0.465 e. The number of nitro groups is 1. The summed E-state index contributed by atoms with van der Waals surface area (Å²) in [5.74, 6) is -0.981. The van der Waals surface area contributed by atoms with Crippen molar-refractivity contribution in [1.82, 2.24) is 4.72 Å². The molecule has 1 aromatic rings. The highest BCUT2D eigenvalue weighted by molar-refractivity contribution is 7.89. The summed E-state index contributed by atoms with van der Waals surface area (Å²) >= 11 is 0. The lowest BCUT2D eigenvalue weighted by Crippen LogP contribution is -2.28. The summed E-state index contributed by atoms with van der Waals surface area (Å²) in [4.78, 5) is 21.2. The third-order valence-electron chi connectivity index (χ3n) is 2.47. The van der Waals surface area contributed by atoms with Gasteiger partial charge in [-0.25, -0.2) is 17.9 Å². The van der Waals surface area contributed by atoms with Crippen LogP contribution in [0.5, 0.6) is 0 Å². The predicted octanol–water partition coefficient (Wildman–Crippen LogP) is 0.306. The molecule has 1 aromatic carbocycles. The van der Waals surface area contributed by atoms with Crippen molar-refractivity contribution in [2.75, 3.05) is 27.4 Å². The summed E-state index contributed by atoms with van der Waals surface area (Å²) in [6, 6.07) is 2.84. The minimum absolute atomic E-state index is 0.00354. The van der Waals surface area contributed by atoms with E-state index < -0.39 is 37.1 Å². The zero-order valence-corrected chi connectivity index (χ0v) is 12.2. The van der Waals surface area contributed by atoms with Crippen molar-refractivity contribution in [2.24, 2.45) is 0 Å². The summed E-state index contributed by atoms with van der Waals surface area (Å²) in [5.41, 5.74) is -0.817. The Morgan fingerprint density at radius 1 is 1.38 bits per heavy atom. The summed E-state index contributed by atoms with van der Waals surface area (Å²) in [7, 11) is -1.56. The SMILES string of the molecule is COCCNS(=O)(=O)c1ccc([N+](=O)[O-])cc1C(=O)OC. The van der Waals surface area contributed by atoms with Crippen LogP contribution in [0.4, 0.5) is 5.69 Å². The summed E-state index contributed by atoms with van der Waals surface area (Å²) < 4.78 is 35.6. The molecule has 0 atom stereocenters. The Morgan fingerprint density at radius 2 is 2.05 bits per heavy atom. The molecule has 116 valence electrons. The van der Waals surface area contributed by atoms with E-state index >= 15 is 0 Å². The third-order valence-corrected chi connectivity index (χ3v) is 3.99. The first kappa shape index (κ1) is 17.0. The molecule has 1 N–H and O–H groups in total. The number of sulfonamides is 1. The van der Waals surface area contributed by atoms with Crippen molar-refractivity contribution in [3.8, 4) is 0 Å². The number of hydrogen-bond acceptors (Lipinski definition) is 7. The molecule has 21 heavy (non-hydrogen) atoms. The fourth-order valence-corrected chi connectivity index (χ4v) is 2.68. The molecule has 0 aliphatic carbocycles. The van der Waals surface area contributed by atoms with Gasteiger partial charge in [0.25, 0.3) is 5.69 Å². The fourth-order valence-electron chi connectivity index (χ4n) is 1.49. The minimum Gasteiger partial charge on any atom is -0.465 e. The van der Waals surface area contributed by atoms with Crippen LogP contribution in [0.25, 0.3) is 0 Å². The van der Waals surface area contributed by atoms with Gasteiger partial charge >= 0.3 is 5.97 Å². The average molecular weight is 318 g/mol. The number of nitro benzene ring substituents is 1. The van der Waals surface area contributed by atoms with Crippen LogP contribution in [0.1, 0.15) is 10.4 Å². The van der Waals surface area contributed by atoms with Crippen molar-refractivity contribution >= 4 is 21.7 Å². The van der Waals surface area contributed by atoms with E-state index in [1.807, 2.05) is 0 Å². The van der Waals surface area contributed by atoms with Gasteiger partial charge in [0.2, 0.25) is 10.0 Å². The van der Waals surface area contributed by atoms with Gasteiger partial charge in [0, 0.05) is 25.8 Å². The van der Waals surface area contributed by atoms with E-state index in [1.54, 1.807) is 0 Å². The highest BCUT2D eigenvalue weighted by Crippen LogP contribution is 2.22. The average Bonchev–Trinajstić information content (AvgIpc) is 2.45. The molecule has 0 aliphatic heterocycles. The molecular formula is C11H14N2O7S. The van der Waals surface area contributed by atoms with Gasteiger partial charge in [-0.15, -0.1) is 0 Å². The molecule has 0 amide bonds. The van der Waals surface area contributed by atoms with Gasteiger partial charge in [0.1, 0.15) is 0 Å². The van der Waals surface area contributed by atoms with Gasteiger partial charge in [0.15, 0.2) is 0 Å².